The van der Waals surface area contributed by atoms with E-state index in [0.717, 1.165) is 12.1 Å². The molecular weight excluding hydrogens is 330 g/mol. The number of ether oxygens (including phenoxy) is 1. The van der Waals surface area contributed by atoms with Crippen LogP contribution in [0.3, 0.4) is 0 Å². The lowest BCUT2D eigenvalue weighted by Crippen LogP contribution is -2.49. The van der Waals surface area contributed by atoms with Crippen molar-refractivity contribution in [3.63, 3.8) is 0 Å². The first-order valence-electron chi connectivity index (χ1n) is 8.18. The number of fused-ring (bicyclic) bond motifs is 1. The molecule has 0 aromatic carbocycles. The summed E-state index contributed by atoms with van der Waals surface area (Å²) in [6.45, 7) is 2.39. The van der Waals surface area contributed by atoms with Gasteiger partial charge in [0, 0.05) is 44.0 Å². The largest absolute Gasteiger partial charge is 0.375 e. The number of aromatic nitrogens is 1. The van der Waals surface area contributed by atoms with Crippen molar-refractivity contribution >= 4 is 15.9 Å². The number of piperidine rings is 1. The Morgan fingerprint density at radius 3 is 2.88 bits per heavy atom. The molecule has 0 radical (unpaired) electrons. The number of hydrogen-bond donors (Lipinski definition) is 0. The van der Waals surface area contributed by atoms with Gasteiger partial charge >= 0.3 is 0 Å². The summed E-state index contributed by atoms with van der Waals surface area (Å²) in [4.78, 5) is 18.5. The summed E-state index contributed by atoms with van der Waals surface area (Å²) in [7, 11) is -3.21. The molecule has 8 heteroatoms. The Morgan fingerprint density at radius 2 is 2.17 bits per heavy atom. The molecule has 0 saturated carbocycles. The van der Waals surface area contributed by atoms with Crippen LogP contribution in [0, 0.1) is 5.92 Å². The maximum Gasteiger partial charge on any atom is 0.228 e. The predicted octanol–water partition coefficient (Wildman–Crippen LogP) is 0.133. The van der Waals surface area contributed by atoms with Gasteiger partial charge < -0.3 is 9.64 Å². The molecule has 3 heterocycles. The Kier molecular flexibility index (Phi) is 5.17. The van der Waals surface area contributed by atoms with Crippen molar-refractivity contribution in [2.75, 3.05) is 39.0 Å². The summed E-state index contributed by atoms with van der Waals surface area (Å²) in [5, 5.41) is 0. The zero-order chi connectivity index (χ0) is 17.2. The van der Waals surface area contributed by atoms with E-state index in [1.807, 2.05) is 23.1 Å². The molecule has 0 unspecified atom stereocenters. The Bertz CT molecular complexity index is 680. The van der Waals surface area contributed by atoms with E-state index in [9.17, 15) is 13.2 Å². The van der Waals surface area contributed by atoms with Crippen LogP contribution in [0.2, 0.25) is 0 Å². The molecule has 0 N–H and O–H groups in total. The number of rotatable bonds is 3. The zero-order valence-corrected chi connectivity index (χ0v) is 14.6. The van der Waals surface area contributed by atoms with E-state index in [1.165, 1.54) is 10.6 Å². The normalized spacial score (nSPS) is 25.8. The molecular formula is C16H23N3O4S. The molecule has 1 amide bonds. The summed E-state index contributed by atoms with van der Waals surface area (Å²) in [6, 6.07) is 5.54. The first kappa shape index (κ1) is 17.3. The van der Waals surface area contributed by atoms with Crippen LogP contribution in [-0.4, -0.2) is 73.7 Å². The van der Waals surface area contributed by atoms with Gasteiger partial charge in [0.05, 0.1) is 25.4 Å². The van der Waals surface area contributed by atoms with Gasteiger partial charge in [-0.1, -0.05) is 6.07 Å². The maximum absolute atomic E-state index is 12.5. The highest BCUT2D eigenvalue weighted by molar-refractivity contribution is 7.88. The van der Waals surface area contributed by atoms with Gasteiger partial charge in [-0.15, -0.1) is 0 Å². The number of pyridine rings is 1. The molecule has 2 fully saturated rings. The summed E-state index contributed by atoms with van der Waals surface area (Å²) < 4.78 is 30.9. The van der Waals surface area contributed by atoms with E-state index in [1.54, 1.807) is 6.20 Å². The SMILES string of the molecule is CS(=O)(=O)N1CCO[C@@H]2CN(C(=O)Cc3ccccn3)CC[C@@H]2C1. The average Bonchev–Trinajstić information content (AvgIpc) is 2.77. The molecule has 7 nitrogen and oxygen atoms in total. The highest BCUT2D eigenvalue weighted by Crippen LogP contribution is 2.25. The minimum atomic E-state index is -3.21. The van der Waals surface area contributed by atoms with E-state index in [4.69, 9.17) is 4.74 Å². The third kappa shape index (κ3) is 4.12. The molecule has 24 heavy (non-hydrogen) atoms. The van der Waals surface area contributed by atoms with Crippen LogP contribution in [0.5, 0.6) is 0 Å². The molecule has 0 bridgehead atoms. The Hall–Kier alpha value is -1.51. The van der Waals surface area contributed by atoms with Gasteiger partial charge in [0.1, 0.15) is 0 Å². The van der Waals surface area contributed by atoms with E-state index in [0.29, 0.717) is 32.8 Å². The summed E-state index contributed by atoms with van der Waals surface area (Å²) in [5.74, 6) is 0.182. The molecule has 1 aromatic rings. The first-order chi connectivity index (χ1) is 11.4. The summed E-state index contributed by atoms with van der Waals surface area (Å²) in [5.41, 5.74) is 0.759. The van der Waals surface area contributed by atoms with Crippen molar-refractivity contribution in [2.24, 2.45) is 5.92 Å². The monoisotopic (exact) mass is 353 g/mol. The lowest BCUT2D eigenvalue weighted by atomic mass is 9.93. The molecule has 2 atom stereocenters. The first-order valence-corrected chi connectivity index (χ1v) is 10.0. The van der Waals surface area contributed by atoms with Crippen LogP contribution >= 0.6 is 0 Å². The minimum absolute atomic E-state index is 0.0416. The van der Waals surface area contributed by atoms with Crippen LogP contribution in [0.15, 0.2) is 24.4 Å². The molecule has 2 aliphatic rings. The number of nitrogens with zero attached hydrogens (tertiary/aromatic N) is 3. The fraction of sp³-hybridized carbons (Fsp3) is 0.625. The topological polar surface area (TPSA) is 79.8 Å². The van der Waals surface area contributed by atoms with Crippen LogP contribution in [0.1, 0.15) is 12.1 Å². The number of carbonyl (C=O) groups excluding carboxylic acids is 1. The van der Waals surface area contributed by atoms with Crippen LogP contribution < -0.4 is 0 Å². The standard InChI is InChI=1S/C16H23N3O4S/c1-24(21,22)19-8-9-23-15-12-18(7-5-13(15)11-19)16(20)10-14-4-2-3-6-17-14/h2-4,6,13,15H,5,7-12H2,1H3/t13-,15-/m1/s1. The summed E-state index contributed by atoms with van der Waals surface area (Å²) in [6.07, 6.45) is 3.86. The molecule has 1 aromatic heterocycles. The molecule has 3 rings (SSSR count). The van der Waals surface area contributed by atoms with Crippen LogP contribution in [0.25, 0.3) is 0 Å². The molecule has 2 aliphatic heterocycles. The number of amides is 1. The average molecular weight is 353 g/mol. The fourth-order valence-corrected chi connectivity index (χ4v) is 4.19. The fourth-order valence-electron chi connectivity index (χ4n) is 3.32. The van der Waals surface area contributed by atoms with E-state index < -0.39 is 10.0 Å². The zero-order valence-electron chi connectivity index (χ0n) is 13.8. The van der Waals surface area contributed by atoms with E-state index in [2.05, 4.69) is 4.98 Å². The predicted molar refractivity (Wildman–Crippen MR) is 88.8 cm³/mol. The molecule has 2 saturated heterocycles. The summed E-state index contributed by atoms with van der Waals surface area (Å²) >= 11 is 0. The number of sulfonamides is 1. The highest BCUT2D eigenvalue weighted by atomic mass is 32.2. The van der Waals surface area contributed by atoms with Crippen molar-refractivity contribution in [2.45, 2.75) is 18.9 Å². The molecule has 132 valence electrons. The van der Waals surface area contributed by atoms with Crippen LogP contribution in [-0.2, 0) is 26.0 Å². The molecule has 0 aliphatic carbocycles. The van der Waals surface area contributed by atoms with Crippen molar-refractivity contribution in [3.8, 4) is 0 Å². The maximum atomic E-state index is 12.5. The highest BCUT2D eigenvalue weighted by Gasteiger charge is 2.36. The number of likely N-dealkylation sites (tertiary alicyclic amines) is 1. The second-order valence-electron chi connectivity index (χ2n) is 6.42. The van der Waals surface area contributed by atoms with Gasteiger partial charge in [-0.05, 0) is 18.6 Å². The van der Waals surface area contributed by atoms with Crippen molar-refractivity contribution in [3.05, 3.63) is 30.1 Å². The van der Waals surface area contributed by atoms with Gasteiger partial charge in [-0.2, -0.15) is 4.31 Å². The smallest absolute Gasteiger partial charge is 0.228 e. The van der Waals surface area contributed by atoms with Crippen molar-refractivity contribution in [1.29, 1.82) is 0 Å². The lowest BCUT2D eigenvalue weighted by Gasteiger charge is -2.37. The number of carbonyl (C=O) groups is 1. The Labute approximate surface area is 142 Å². The van der Waals surface area contributed by atoms with E-state index >= 15 is 0 Å². The second kappa shape index (κ2) is 7.16. The molecule has 0 spiro atoms. The number of hydrogen-bond acceptors (Lipinski definition) is 5. The third-order valence-electron chi connectivity index (χ3n) is 4.69. The lowest BCUT2D eigenvalue weighted by molar-refractivity contribution is -0.136. The van der Waals surface area contributed by atoms with Gasteiger partial charge in [-0.3, -0.25) is 9.78 Å². The van der Waals surface area contributed by atoms with Gasteiger partial charge in [0.25, 0.3) is 0 Å². The second-order valence-corrected chi connectivity index (χ2v) is 8.40. The van der Waals surface area contributed by atoms with Gasteiger partial charge in [0.15, 0.2) is 0 Å². The third-order valence-corrected chi connectivity index (χ3v) is 5.96. The van der Waals surface area contributed by atoms with Crippen LogP contribution in [0.4, 0.5) is 0 Å². The Morgan fingerprint density at radius 1 is 1.33 bits per heavy atom. The van der Waals surface area contributed by atoms with Crippen molar-refractivity contribution in [1.82, 2.24) is 14.2 Å². The quantitative estimate of drug-likeness (QED) is 0.772. The minimum Gasteiger partial charge on any atom is -0.375 e. The van der Waals surface area contributed by atoms with Gasteiger partial charge in [-0.25, -0.2) is 8.42 Å². The van der Waals surface area contributed by atoms with Crippen molar-refractivity contribution < 1.29 is 17.9 Å². The van der Waals surface area contributed by atoms with E-state index in [-0.39, 0.29) is 24.3 Å². The Balaban J connectivity index is 1.61. The van der Waals surface area contributed by atoms with Gasteiger partial charge in [0.2, 0.25) is 15.9 Å².